The number of nitrogen functional groups attached to an aromatic ring is 1. The van der Waals surface area contributed by atoms with Gasteiger partial charge in [-0.2, -0.15) is 0 Å². The van der Waals surface area contributed by atoms with E-state index in [2.05, 4.69) is 10.3 Å². The first-order chi connectivity index (χ1) is 10.1. The zero-order chi connectivity index (χ0) is 14.8. The number of hydrogen-bond acceptors (Lipinski definition) is 6. The minimum absolute atomic E-state index is 0.0798. The number of ether oxygens (including phenoxy) is 1. The van der Waals surface area contributed by atoms with Crippen LogP contribution < -0.4 is 11.1 Å². The smallest absolute Gasteiger partial charge is 0.267 e. The molecule has 2 aliphatic carbocycles. The van der Waals surface area contributed by atoms with Crippen molar-refractivity contribution in [2.75, 3.05) is 37.9 Å². The second kappa shape index (κ2) is 6.19. The Kier molecular flexibility index (Phi) is 4.30. The number of thiazole rings is 1. The van der Waals surface area contributed by atoms with Crippen molar-refractivity contribution in [3.8, 4) is 0 Å². The number of anilines is 2. The molecule has 0 unspecified atom stereocenters. The molecule has 0 saturated heterocycles. The number of likely N-dealkylation sites (N-methyl/N-ethyl adjacent to an activating group) is 1. The third-order valence-corrected chi connectivity index (χ3v) is 4.71. The molecule has 116 valence electrons. The Morgan fingerprint density at radius 1 is 1.48 bits per heavy atom. The maximum atomic E-state index is 12.4. The lowest BCUT2D eigenvalue weighted by molar-refractivity contribution is 0.0686. The Morgan fingerprint density at radius 2 is 2.24 bits per heavy atom. The van der Waals surface area contributed by atoms with Crippen LogP contribution in [0.15, 0.2) is 0 Å². The first-order valence-corrected chi connectivity index (χ1v) is 8.31. The second-order valence-electron chi connectivity index (χ2n) is 5.90. The van der Waals surface area contributed by atoms with Gasteiger partial charge in [-0.3, -0.25) is 4.79 Å². The molecule has 7 heteroatoms. The molecule has 0 spiro atoms. The van der Waals surface area contributed by atoms with Crippen molar-refractivity contribution in [2.45, 2.75) is 31.7 Å². The van der Waals surface area contributed by atoms with Gasteiger partial charge in [0.1, 0.15) is 10.7 Å². The molecule has 3 rings (SSSR count). The Labute approximate surface area is 128 Å². The monoisotopic (exact) mass is 310 g/mol. The number of carbonyl (C=O) groups excluding carboxylic acids is 1. The molecule has 0 aromatic carbocycles. The summed E-state index contributed by atoms with van der Waals surface area (Å²) in [6.45, 7) is 1.97. The summed E-state index contributed by atoms with van der Waals surface area (Å²) < 4.78 is 5.56. The average molecular weight is 310 g/mol. The predicted molar refractivity (Wildman–Crippen MR) is 83.7 cm³/mol. The summed E-state index contributed by atoms with van der Waals surface area (Å²) >= 11 is 1.34. The molecule has 3 N–H and O–H groups in total. The number of nitrogens with one attached hydrogen (secondary N) is 1. The zero-order valence-electron chi connectivity index (χ0n) is 12.3. The van der Waals surface area contributed by atoms with Gasteiger partial charge in [-0.25, -0.2) is 4.98 Å². The van der Waals surface area contributed by atoms with Crippen molar-refractivity contribution in [2.24, 2.45) is 5.92 Å². The highest BCUT2D eigenvalue weighted by Crippen LogP contribution is 2.31. The van der Waals surface area contributed by atoms with Crippen molar-refractivity contribution < 1.29 is 9.53 Å². The third kappa shape index (κ3) is 4.07. The van der Waals surface area contributed by atoms with Crippen molar-refractivity contribution in [3.63, 3.8) is 0 Å². The molecule has 0 atom stereocenters. The second-order valence-corrected chi connectivity index (χ2v) is 6.90. The van der Waals surface area contributed by atoms with E-state index in [9.17, 15) is 4.79 Å². The topological polar surface area (TPSA) is 80.5 Å². The Balaban J connectivity index is 1.48. The van der Waals surface area contributed by atoms with Crippen molar-refractivity contribution in [3.05, 3.63) is 4.88 Å². The molecular formula is C14H22N4O2S. The molecule has 0 aliphatic heterocycles. The van der Waals surface area contributed by atoms with E-state index < -0.39 is 0 Å². The van der Waals surface area contributed by atoms with Crippen molar-refractivity contribution in [1.82, 2.24) is 9.88 Å². The largest absolute Gasteiger partial charge is 0.382 e. The minimum atomic E-state index is -0.0798. The fraction of sp³-hybridized carbons (Fsp3) is 0.714. The molecule has 21 heavy (non-hydrogen) atoms. The highest BCUT2D eigenvalue weighted by atomic mass is 32.1. The van der Waals surface area contributed by atoms with Crippen LogP contribution in [-0.4, -0.2) is 48.6 Å². The lowest BCUT2D eigenvalue weighted by Crippen LogP contribution is -2.30. The van der Waals surface area contributed by atoms with E-state index >= 15 is 0 Å². The van der Waals surface area contributed by atoms with Crippen LogP contribution in [0.2, 0.25) is 0 Å². The van der Waals surface area contributed by atoms with E-state index in [0.29, 0.717) is 29.9 Å². The molecule has 1 aromatic heterocycles. The van der Waals surface area contributed by atoms with E-state index in [1.165, 1.54) is 37.0 Å². The number of nitrogens with two attached hydrogens (primary N) is 1. The molecule has 0 radical (unpaired) electrons. The van der Waals surface area contributed by atoms with Gasteiger partial charge in [0.05, 0.1) is 6.61 Å². The molecule has 1 aromatic rings. The number of amides is 1. The van der Waals surface area contributed by atoms with E-state index in [-0.39, 0.29) is 5.91 Å². The Bertz CT molecular complexity index is 511. The van der Waals surface area contributed by atoms with Crippen LogP contribution in [0.25, 0.3) is 0 Å². The first kappa shape index (κ1) is 14.6. The third-order valence-electron chi connectivity index (χ3n) is 3.72. The summed E-state index contributed by atoms with van der Waals surface area (Å²) in [5, 5.41) is 4.02. The molecular weight excluding hydrogens is 288 g/mol. The van der Waals surface area contributed by atoms with Gasteiger partial charge < -0.3 is 20.7 Å². The normalized spacial score (nSPS) is 17.8. The number of nitrogens with zero attached hydrogens (tertiary/aromatic N) is 2. The highest BCUT2D eigenvalue weighted by Gasteiger charge is 2.25. The first-order valence-electron chi connectivity index (χ1n) is 7.49. The quantitative estimate of drug-likeness (QED) is 0.716. The van der Waals surface area contributed by atoms with Crippen LogP contribution in [0.1, 0.15) is 35.4 Å². The van der Waals surface area contributed by atoms with E-state index in [4.69, 9.17) is 10.5 Å². The molecule has 0 bridgehead atoms. The zero-order valence-corrected chi connectivity index (χ0v) is 13.1. The standard InChI is InChI=1S/C14H22N4O2S/c1-18(6-7-20-8-9-2-3-9)13(19)11-12(15)17-14(21-11)16-10-4-5-10/h9-10H,2-8,15H2,1H3,(H,16,17). The van der Waals surface area contributed by atoms with Crippen molar-refractivity contribution in [1.29, 1.82) is 0 Å². The summed E-state index contributed by atoms with van der Waals surface area (Å²) in [7, 11) is 1.77. The SMILES string of the molecule is CN(CCOCC1CC1)C(=O)c1sc(NC2CC2)nc1N. The van der Waals surface area contributed by atoms with Gasteiger partial charge in [0, 0.05) is 26.2 Å². The van der Waals surface area contributed by atoms with Crippen LogP contribution >= 0.6 is 11.3 Å². The Morgan fingerprint density at radius 3 is 2.90 bits per heavy atom. The number of aromatic nitrogens is 1. The van der Waals surface area contributed by atoms with Gasteiger partial charge in [-0.05, 0) is 31.6 Å². The lowest BCUT2D eigenvalue weighted by atomic mass is 10.4. The summed E-state index contributed by atoms with van der Waals surface area (Å²) in [5.74, 6) is 0.988. The van der Waals surface area contributed by atoms with Gasteiger partial charge in [-0.1, -0.05) is 11.3 Å². The Hall–Kier alpha value is -1.34. The summed E-state index contributed by atoms with van der Waals surface area (Å²) in [6.07, 6.45) is 4.90. The van der Waals surface area contributed by atoms with Gasteiger partial charge in [0.15, 0.2) is 5.13 Å². The molecule has 2 fully saturated rings. The van der Waals surface area contributed by atoms with Crippen LogP contribution in [-0.2, 0) is 4.74 Å². The lowest BCUT2D eigenvalue weighted by Gasteiger charge is -2.16. The fourth-order valence-corrected chi connectivity index (χ4v) is 2.92. The molecule has 2 aliphatic rings. The molecule has 6 nitrogen and oxygen atoms in total. The van der Waals surface area contributed by atoms with E-state index in [0.717, 1.165) is 17.7 Å². The van der Waals surface area contributed by atoms with Crippen LogP contribution in [0.4, 0.5) is 10.9 Å². The van der Waals surface area contributed by atoms with Crippen LogP contribution in [0.3, 0.4) is 0 Å². The highest BCUT2D eigenvalue weighted by molar-refractivity contribution is 7.18. The van der Waals surface area contributed by atoms with E-state index in [1.54, 1.807) is 11.9 Å². The van der Waals surface area contributed by atoms with Crippen LogP contribution in [0.5, 0.6) is 0 Å². The maximum absolute atomic E-state index is 12.4. The molecule has 1 heterocycles. The number of carbonyl (C=O) groups is 1. The number of rotatable bonds is 8. The number of hydrogen-bond donors (Lipinski definition) is 2. The van der Waals surface area contributed by atoms with Gasteiger partial charge in [-0.15, -0.1) is 0 Å². The van der Waals surface area contributed by atoms with Gasteiger partial charge >= 0.3 is 0 Å². The maximum Gasteiger partial charge on any atom is 0.267 e. The van der Waals surface area contributed by atoms with Crippen LogP contribution in [0, 0.1) is 5.92 Å². The average Bonchev–Trinajstić information content (AvgIpc) is 3.35. The van der Waals surface area contributed by atoms with Crippen molar-refractivity contribution >= 4 is 28.2 Å². The van der Waals surface area contributed by atoms with E-state index in [1.807, 2.05) is 0 Å². The van der Waals surface area contributed by atoms with Gasteiger partial charge in [0.25, 0.3) is 5.91 Å². The molecule has 1 amide bonds. The summed E-state index contributed by atoms with van der Waals surface area (Å²) in [5.41, 5.74) is 5.86. The minimum Gasteiger partial charge on any atom is -0.382 e. The molecule has 2 saturated carbocycles. The summed E-state index contributed by atoms with van der Waals surface area (Å²) in [4.78, 5) is 18.7. The predicted octanol–water partition coefficient (Wildman–Crippen LogP) is 1.80. The fourth-order valence-electron chi connectivity index (χ4n) is 1.96. The van der Waals surface area contributed by atoms with Gasteiger partial charge in [0.2, 0.25) is 0 Å². The summed E-state index contributed by atoms with van der Waals surface area (Å²) in [6, 6.07) is 0.507.